The SMILES string of the molecule is O=C(CSc1ccccc1)Nc1cc(S(=O)(=O)N2CCCCCC2)ccc1Cl. The Morgan fingerprint density at radius 3 is 2.39 bits per heavy atom. The number of hydrogen-bond donors (Lipinski definition) is 1. The van der Waals surface area contributed by atoms with Gasteiger partial charge in [-0.15, -0.1) is 11.8 Å². The van der Waals surface area contributed by atoms with Crippen LogP contribution in [0.3, 0.4) is 0 Å². The van der Waals surface area contributed by atoms with E-state index in [9.17, 15) is 13.2 Å². The quantitative estimate of drug-likeness (QED) is 0.667. The lowest BCUT2D eigenvalue weighted by molar-refractivity contribution is -0.113. The summed E-state index contributed by atoms with van der Waals surface area (Å²) in [5.74, 6) is -0.0243. The average molecular weight is 439 g/mol. The van der Waals surface area contributed by atoms with Crippen LogP contribution in [0, 0.1) is 0 Å². The molecule has 28 heavy (non-hydrogen) atoms. The molecule has 1 heterocycles. The number of thioether (sulfide) groups is 1. The Morgan fingerprint density at radius 2 is 1.71 bits per heavy atom. The van der Waals surface area contributed by atoms with Gasteiger partial charge in [0.25, 0.3) is 0 Å². The lowest BCUT2D eigenvalue weighted by Crippen LogP contribution is -2.32. The Morgan fingerprint density at radius 1 is 1.04 bits per heavy atom. The van der Waals surface area contributed by atoms with Gasteiger partial charge in [0, 0.05) is 18.0 Å². The van der Waals surface area contributed by atoms with Crippen LogP contribution in [0.1, 0.15) is 25.7 Å². The standard InChI is InChI=1S/C20H23ClN2O3S2/c21-18-11-10-17(28(25,26)23-12-6-1-2-7-13-23)14-19(18)22-20(24)15-27-16-8-4-3-5-9-16/h3-5,8-11,14H,1-2,6-7,12-13,15H2,(H,22,24). The number of rotatable bonds is 6. The smallest absolute Gasteiger partial charge is 0.243 e. The van der Waals surface area contributed by atoms with Gasteiger partial charge < -0.3 is 5.32 Å². The van der Waals surface area contributed by atoms with Crippen molar-refractivity contribution in [1.82, 2.24) is 4.31 Å². The summed E-state index contributed by atoms with van der Waals surface area (Å²) in [6.07, 6.45) is 3.83. The molecule has 1 fully saturated rings. The first kappa shape index (κ1) is 21.2. The molecule has 2 aromatic carbocycles. The Kier molecular flexibility index (Phi) is 7.40. The van der Waals surface area contributed by atoms with E-state index in [1.165, 1.54) is 34.3 Å². The minimum atomic E-state index is -3.60. The molecular formula is C20H23ClN2O3S2. The summed E-state index contributed by atoms with van der Waals surface area (Å²) < 4.78 is 27.5. The highest BCUT2D eigenvalue weighted by Gasteiger charge is 2.26. The largest absolute Gasteiger partial charge is 0.324 e. The van der Waals surface area contributed by atoms with E-state index in [-0.39, 0.29) is 16.6 Å². The van der Waals surface area contributed by atoms with Gasteiger partial charge in [-0.05, 0) is 43.2 Å². The molecule has 150 valence electrons. The summed E-state index contributed by atoms with van der Waals surface area (Å²) in [7, 11) is -3.60. The van der Waals surface area contributed by atoms with E-state index < -0.39 is 10.0 Å². The van der Waals surface area contributed by atoms with Crippen LogP contribution in [0.5, 0.6) is 0 Å². The van der Waals surface area contributed by atoms with Crippen molar-refractivity contribution in [2.45, 2.75) is 35.5 Å². The molecule has 1 aliphatic heterocycles. The predicted octanol–water partition coefficient (Wildman–Crippen LogP) is 4.64. The maximum absolute atomic E-state index is 13.0. The second kappa shape index (κ2) is 9.78. The molecule has 0 spiro atoms. The minimum absolute atomic E-state index is 0.157. The van der Waals surface area contributed by atoms with Gasteiger partial charge in [-0.2, -0.15) is 4.31 Å². The second-order valence-electron chi connectivity index (χ2n) is 6.61. The average Bonchev–Trinajstić information content (AvgIpc) is 2.99. The van der Waals surface area contributed by atoms with E-state index in [0.717, 1.165) is 30.6 Å². The Hall–Kier alpha value is -1.54. The number of nitrogens with zero attached hydrogens (tertiary/aromatic N) is 1. The number of nitrogens with one attached hydrogen (secondary N) is 1. The maximum Gasteiger partial charge on any atom is 0.243 e. The van der Waals surface area contributed by atoms with Crippen molar-refractivity contribution in [2.75, 3.05) is 24.2 Å². The third-order valence-corrected chi connectivity index (χ3v) is 7.76. The van der Waals surface area contributed by atoms with Crippen LogP contribution in [0.4, 0.5) is 5.69 Å². The first-order chi connectivity index (χ1) is 13.5. The molecule has 8 heteroatoms. The molecule has 0 unspecified atom stereocenters. The monoisotopic (exact) mass is 438 g/mol. The van der Waals surface area contributed by atoms with Gasteiger partial charge in [0.05, 0.1) is 21.4 Å². The zero-order valence-electron chi connectivity index (χ0n) is 15.4. The molecule has 5 nitrogen and oxygen atoms in total. The molecule has 0 aromatic heterocycles. The van der Waals surface area contributed by atoms with E-state index in [0.29, 0.717) is 23.8 Å². The number of benzene rings is 2. The van der Waals surface area contributed by atoms with Crippen LogP contribution < -0.4 is 5.32 Å². The molecule has 0 saturated carbocycles. The van der Waals surface area contributed by atoms with Crippen LogP contribution in [0.15, 0.2) is 58.3 Å². The van der Waals surface area contributed by atoms with Crippen LogP contribution in [0.25, 0.3) is 0 Å². The van der Waals surface area contributed by atoms with Crippen molar-refractivity contribution in [3.05, 3.63) is 53.6 Å². The highest BCUT2D eigenvalue weighted by Crippen LogP contribution is 2.28. The van der Waals surface area contributed by atoms with Crippen molar-refractivity contribution in [3.8, 4) is 0 Å². The first-order valence-corrected chi connectivity index (χ1v) is 12.0. The molecule has 1 amide bonds. The van der Waals surface area contributed by atoms with Gasteiger partial charge >= 0.3 is 0 Å². The summed E-state index contributed by atoms with van der Waals surface area (Å²) in [5, 5.41) is 3.05. The highest BCUT2D eigenvalue weighted by atomic mass is 35.5. The van der Waals surface area contributed by atoms with Crippen molar-refractivity contribution in [3.63, 3.8) is 0 Å². The molecule has 1 aliphatic rings. The van der Waals surface area contributed by atoms with Crippen molar-refractivity contribution < 1.29 is 13.2 Å². The minimum Gasteiger partial charge on any atom is -0.324 e. The van der Waals surface area contributed by atoms with Crippen molar-refractivity contribution in [2.24, 2.45) is 0 Å². The van der Waals surface area contributed by atoms with Gasteiger partial charge in [0.2, 0.25) is 15.9 Å². The normalized spacial score (nSPS) is 15.8. The number of amides is 1. The summed E-state index contributed by atoms with van der Waals surface area (Å²) >= 11 is 7.60. The van der Waals surface area contributed by atoms with E-state index in [2.05, 4.69) is 5.32 Å². The number of anilines is 1. The fraction of sp³-hybridized carbons (Fsp3) is 0.350. The number of carbonyl (C=O) groups excluding carboxylic acids is 1. The molecule has 0 bridgehead atoms. The molecule has 0 aliphatic carbocycles. The third-order valence-electron chi connectivity index (χ3n) is 4.53. The molecular weight excluding hydrogens is 416 g/mol. The number of halogens is 1. The summed E-state index contributed by atoms with van der Waals surface area (Å²) in [4.78, 5) is 13.4. The van der Waals surface area contributed by atoms with Crippen LogP contribution in [-0.4, -0.2) is 37.5 Å². The summed E-state index contributed by atoms with van der Waals surface area (Å²) in [6, 6.07) is 14.1. The highest BCUT2D eigenvalue weighted by molar-refractivity contribution is 8.00. The molecule has 3 rings (SSSR count). The van der Waals surface area contributed by atoms with Crippen molar-refractivity contribution in [1.29, 1.82) is 0 Å². The molecule has 1 saturated heterocycles. The van der Waals surface area contributed by atoms with Crippen LogP contribution in [-0.2, 0) is 14.8 Å². The fourth-order valence-corrected chi connectivity index (χ4v) is 5.47. The molecule has 0 radical (unpaired) electrons. The third kappa shape index (κ3) is 5.50. The van der Waals surface area contributed by atoms with E-state index >= 15 is 0 Å². The summed E-state index contributed by atoms with van der Waals surface area (Å²) in [6.45, 7) is 1.06. The lowest BCUT2D eigenvalue weighted by atomic mass is 10.2. The number of hydrogen-bond acceptors (Lipinski definition) is 4. The van der Waals surface area contributed by atoms with Crippen LogP contribution >= 0.6 is 23.4 Å². The second-order valence-corrected chi connectivity index (χ2v) is 10.0. The van der Waals surface area contributed by atoms with Crippen LogP contribution in [0.2, 0.25) is 5.02 Å². The van der Waals surface area contributed by atoms with Crippen molar-refractivity contribution >= 4 is 45.0 Å². The predicted molar refractivity (Wildman–Crippen MR) is 114 cm³/mol. The van der Waals surface area contributed by atoms with Gasteiger partial charge in [0.15, 0.2) is 0 Å². The lowest BCUT2D eigenvalue weighted by Gasteiger charge is -2.20. The Labute approximate surface area is 175 Å². The fourth-order valence-electron chi connectivity index (χ4n) is 3.04. The van der Waals surface area contributed by atoms with Gasteiger partial charge in [-0.1, -0.05) is 42.6 Å². The van der Waals surface area contributed by atoms with Gasteiger partial charge in [-0.25, -0.2) is 8.42 Å². The molecule has 1 N–H and O–H groups in total. The van der Waals surface area contributed by atoms with E-state index in [1.807, 2.05) is 30.3 Å². The number of sulfonamides is 1. The molecule has 2 aromatic rings. The topological polar surface area (TPSA) is 66.5 Å². The first-order valence-electron chi connectivity index (χ1n) is 9.24. The summed E-state index contributed by atoms with van der Waals surface area (Å²) in [5.41, 5.74) is 0.316. The Balaban J connectivity index is 1.71. The maximum atomic E-state index is 13.0. The zero-order chi connectivity index (χ0) is 20.0. The molecule has 0 atom stereocenters. The number of carbonyl (C=O) groups is 1. The van der Waals surface area contributed by atoms with E-state index in [1.54, 1.807) is 0 Å². The van der Waals surface area contributed by atoms with Gasteiger partial charge in [0.1, 0.15) is 0 Å². The zero-order valence-corrected chi connectivity index (χ0v) is 17.8. The van der Waals surface area contributed by atoms with Gasteiger partial charge in [-0.3, -0.25) is 4.79 Å². The Bertz CT molecular complexity index is 912. The van der Waals surface area contributed by atoms with E-state index in [4.69, 9.17) is 11.6 Å².